The topological polar surface area (TPSA) is 83.8 Å². The molecule has 3 aromatic rings. The lowest BCUT2D eigenvalue weighted by Gasteiger charge is -2.12. The summed E-state index contributed by atoms with van der Waals surface area (Å²) < 4.78 is 0. The zero-order chi connectivity index (χ0) is 16.5. The van der Waals surface area contributed by atoms with E-state index >= 15 is 0 Å². The predicted molar refractivity (Wildman–Crippen MR) is 95.5 cm³/mol. The third-order valence-electron chi connectivity index (χ3n) is 4.54. The predicted octanol–water partition coefficient (Wildman–Crippen LogP) is 3.30. The minimum atomic E-state index is -0.420. The summed E-state index contributed by atoms with van der Waals surface area (Å²) in [7, 11) is 0. The second-order valence-corrected chi connectivity index (χ2v) is 6.45. The number of nitrogens with two attached hydrogens (primary N) is 1. The molecule has 5 nitrogen and oxygen atoms in total. The van der Waals surface area contributed by atoms with E-state index in [-0.39, 0.29) is 5.91 Å². The first-order valence-corrected chi connectivity index (χ1v) is 8.29. The van der Waals surface area contributed by atoms with Crippen molar-refractivity contribution in [2.45, 2.75) is 25.3 Å². The van der Waals surface area contributed by atoms with E-state index in [1.165, 1.54) is 12.8 Å². The van der Waals surface area contributed by atoms with E-state index in [2.05, 4.69) is 15.3 Å². The Morgan fingerprint density at radius 1 is 1.25 bits per heavy atom. The summed E-state index contributed by atoms with van der Waals surface area (Å²) in [6.07, 6.45) is 6.87. The largest absolute Gasteiger partial charge is 0.346 e. The van der Waals surface area contributed by atoms with Gasteiger partial charge in [0.15, 0.2) is 0 Å². The van der Waals surface area contributed by atoms with Crippen LogP contribution < -0.4 is 11.1 Å². The van der Waals surface area contributed by atoms with Crippen molar-refractivity contribution in [3.05, 3.63) is 48.8 Å². The minimum Gasteiger partial charge on any atom is -0.346 e. The number of carbonyl (C=O) groups is 1. The van der Waals surface area contributed by atoms with Crippen LogP contribution in [-0.4, -0.2) is 21.9 Å². The zero-order valence-electron chi connectivity index (χ0n) is 13.3. The third-order valence-corrected chi connectivity index (χ3v) is 4.54. The molecule has 2 aromatic heterocycles. The summed E-state index contributed by atoms with van der Waals surface area (Å²) in [5.74, 6) is 0.537. The fourth-order valence-electron chi connectivity index (χ4n) is 3.00. The lowest BCUT2D eigenvalue weighted by atomic mass is 10.0. The van der Waals surface area contributed by atoms with Gasteiger partial charge in [-0.25, -0.2) is 4.98 Å². The number of aromatic nitrogens is 2. The molecular weight excluding hydrogens is 300 g/mol. The summed E-state index contributed by atoms with van der Waals surface area (Å²) in [6, 6.07) is 11.4. The molecule has 0 unspecified atom stereocenters. The molecule has 1 aliphatic rings. The SMILES string of the molecule is N[C@H](CC1CC1)C(=O)Nc1ccc(-c2ccnc3[nH]ccc23)cc1. The monoisotopic (exact) mass is 320 g/mol. The molecule has 1 fully saturated rings. The Kier molecular flexibility index (Phi) is 3.78. The standard InChI is InChI=1S/C19H20N4O/c20-17(11-12-1-2-12)19(24)23-14-5-3-13(4-6-14)15-7-9-21-18-16(15)8-10-22-18/h3-10,12,17H,1-2,11,20H2,(H,21,22)(H,23,24)/t17-/m1/s1. The number of hydrogen-bond acceptors (Lipinski definition) is 3. The Morgan fingerprint density at radius 2 is 2.04 bits per heavy atom. The van der Waals surface area contributed by atoms with Crippen LogP contribution in [0.4, 0.5) is 5.69 Å². The molecule has 4 rings (SSSR count). The van der Waals surface area contributed by atoms with Gasteiger partial charge < -0.3 is 16.0 Å². The van der Waals surface area contributed by atoms with Crippen LogP contribution in [-0.2, 0) is 4.79 Å². The molecule has 0 saturated heterocycles. The first-order valence-electron chi connectivity index (χ1n) is 8.29. The molecule has 0 aliphatic heterocycles. The van der Waals surface area contributed by atoms with Crippen molar-refractivity contribution in [1.29, 1.82) is 0 Å². The number of aromatic amines is 1. The van der Waals surface area contributed by atoms with E-state index in [1.54, 1.807) is 6.20 Å². The van der Waals surface area contributed by atoms with Gasteiger partial charge in [0.05, 0.1) is 6.04 Å². The summed E-state index contributed by atoms with van der Waals surface area (Å²) in [5.41, 5.74) is 9.80. The number of carbonyl (C=O) groups excluding carboxylic acids is 1. The van der Waals surface area contributed by atoms with Crippen LogP contribution in [0.3, 0.4) is 0 Å². The third kappa shape index (κ3) is 3.03. The summed E-state index contributed by atoms with van der Waals surface area (Å²) >= 11 is 0. The molecule has 0 bridgehead atoms. The van der Waals surface area contributed by atoms with Crippen LogP contribution >= 0.6 is 0 Å². The highest BCUT2D eigenvalue weighted by atomic mass is 16.2. The quantitative estimate of drug-likeness (QED) is 0.674. The van der Waals surface area contributed by atoms with Crippen LogP contribution in [0.2, 0.25) is 0 Å². The van der Waals surface area contributed by atoms with E-state index in [0.717, 1.165) is 34.3 Å². The normalized spacial score (nSPS) is 15.4. The Hall–Kier alpha value is -2.66. The number of rotatable bonds is 5. The number of nitrogens with zero attached hydrogens (tertiary/aromatic N) is 1. The van der Waals surface area contributed by atoms with Gasteiger partial charge in [-0.3, -0.25) is 4.79 Å². The smallest absolute Gasteiger partial charge is 0.241 e. The Balaban J connectivity index is 1.50. The Labute approximate surface area is 140 Å². The van der Waals surface area contributed by atoms with Crippen molar-refractivity contribution >= 4 is 22.6 Å². The fourth-order valence-corrected chi connectivity index (χ4v) is 3.00. The number of H-pyrrole nitrogens is 1. The molecule has 122 valence electrons. The molecule has 1 aliphatic carbocycles. The molecule has 4 N–H and O–H groups in total. The van der Waals surface area contributed by atoms with Crippen LogP contribution in [0.1, 0.15) is 19.3 Å². The molecule has 1 aromatic carbocycles. The van der Waals surface area contributed by atoms with Crippen molar-refractivity contribution in [2.75, 3.05) is 5.32 Å². The van der Waals surface area contributed by atoms with Crippen molar-refractivity contribution in [3.8, 4) is 11.1 Å². The molecule has 1 atom stereocenters. The molecule has 24 heavy (non-hydrogen) atoms. The highest BCUT2D eigenvalue weighted by Crippen LogP contribution is 2.33. The first-order chi connectivity index (χ1) is 11.7. The van der Waals surface area contributed by atoms with Gasteiger partial charge in [0.2, 0.25) is 5.91 Å². The Morgan fingerprint density at radius 3 is 2.79 bits per heavy atom. The number of pyridine rings is 1. The number of hydrogen-bond donors (Lipinski definition) is 3. The van der Waals surface area contributed by atoms with Crippen LogP contribution in [0.5, 0.6) is 0 Å². The van der Waals surface area contributed by atoms with Crippen molar-refractivity contribution in [2.24, 2.45) is 11.7 Å². The summed E-state index contributed by atoms with van der Waals surface area (Å²) in [6.45, 7) is 0. The lowest BCUT2D eigenvalue weighted by molar-refractivity contribution is -0.117. The van der Waals surface area contributed by atoms with Gasteiger partial charge in [0.1, 0.15) is 5.65 Å². The van der Waals surface area contributed by atoms with Gasteiger partial charge in [0, 0.05) is 23.5 Å². The number of anilines is 1. The second kappa shape index (κ2) is 6.09. The van der Waals surface area contributed by atoms with Crippen molar-refractivity contribution < 1.29 is 4.79 Å². The molecule has 5 heteroatoms. The molecular formula is C19H20N4O. The maximum atomic E-state index is 12.1. The van der Waals surface area contributed by atoms with Crippen molar-refractivity contribution in [3.63, 3.8) is 0 Å². The van der Waals surface area contributed by atoms with Gasteiger partial charge in [0.25, 0.3) is 0 Å². The van der Waals surface area contributed by atoms with Gasteiger partial charge in [-0.2, -0.15) is 0 Å². The lowest BCUT2D eigenvalue weighted by Crippen LogP contribution is -2.35. The fraction of sp³-hybridized carbons (Fsp3) is 0.263. The average molecular weight is 320 g/mol. The maximum Gasteiger partial charge on any atom is 0.241 e. The number of benzene rings is 1. The average Bonchev–Trinajstić information content (AvgIpc) is 3.27. The second-order valence-electron chi connectivity index (χ2n) is 6.45. The number of amides is 1. The molecule has 1 saturated carbocycles. The highest BCUT2D eigenvalue weighted by Gasteiger charge is 2.27. The van der Waals surface area contributed by atoms with E-state index < -0.39 is 6.04 Å². The molecule has 0 spiro atoms. The first kappa shape index (κ1) is 14.9. The minimum absolute atomic E-state index is 0.105. The van der Waals surface area contributed by atoms with E-state index in [0.29, 0.717) is 5.92 Å². The van der Waals surface area contributed by atoms with Gasteiger partial charge in [-0.1, -0.05) is 25.0 Å². The van der Waals surface area contributed by atoms with E-state index in [4.69, 9.17) is 5.73 Å². The Bertz CT molecular complexity index is 864. The summed E-state index contributed by atoms with van der Waals surface area (Å²) in [5, 5.41) is 3.99. The zero-order valence-corrected chi connectivity index (χ0v) is 13.3. The summed E-state index contributed by atoms with van der Waals surface area (Å²) in [4.78, 5) is 19.5. The molecule has 1 amide bonds. The van der Waals surface area contributed by atoms with E-state index in [9.17, 15) is 4.79 Å². The molecule has 0 radical (unpaired) electrons. The molecule has 2 heterocycles. The number of nitrogens with one attached hydrogen (secondary N) is 2. The van der Waals surface area contributed by atoms with Gasteiger partial charge in [-0.05, 0) is 47.7 Å². The van der Waals surface area contributed by atoms with Crippen LogP contribution in [0.15, 0.2) is 48.8 Å². The van der Waals surface area contributed by atoms with Crippen molar-refractivity contribution in [1.82, 2.24) is 9.97 Å². The van der Waals surface area contributed by atoms with Crippen LogP contribution in [0, 0.1) is 5.92 Å². The highest BCUT2D eigenvalue weighted by molar-refractivity contribution is 5.96. The van der Waals surface area contributed by atoms with Crippen LogP contribution in [0.25, 0.3) is 22.2 Å². The number of fused-ring (bicyclic) bond motifs is 1. The van der Waals surface area contributed by atoms with E-state index in [1.807, 2.05) is 42.6 Å². The van der Waals surface area contributed by atoms with Gasteiger partial charge >= 0.3 is 0 Å². The van der Waals surface area contributed by atoms with Gasteiger partial charge in [-0.15, -0.1) is 0 Å². The maximum absolute atomic E-state index is 12.1.